The molecule has 0 spiro atoms. The maximum atomic E-state index is 12.9. The van der Waals surface area contributed by atoms with Gasteiger partial charge >= 0.3 is 0 Å². The van der Waals surface area contributed by atoms with Crippen molar-refractivity contribution in [2.75, 3.05) is 19.6 Å². The molecule has 106 valence electrons. The van der Waals surface area contributed by atoms with Gasteiger partial charge < -0.3 is 5.32 Å². The molecule has 2 atom stereocenters. The zero-order valence-corrected chi connectivity index (χ0v) is 12.0. The average molecular weight is 264 g/mol. The number of hydrogen-bond acceptors (Lipinski definition) is 2. The van der Waals surface area contributed by atoms with Gasteiger partial charge in [-0.3, -0.25) is 4.90 Å². The minimum atomic E-state index is -0.153. The molecule has 1 N–H and O–H groups in total. The normalized spacial score (nSPS) is 25.8. The van der Waals surface area contributed by atoms with Crippen LogP contribution in [0.25, 0.3) is 0 Å². The van der Waals surface area contributed by atoms with Gasteiger partial charge in [0.15, 0.2) is 0 Å². The van der Waals surface area contributed by atoms with Gasteiger partial charge in [0.25, 0.3) is 0 Å². The van der Waals surface area contributed by atoms with E-state index in [1.807, 2.05) is 12.1 Å². The highest BCUT2D eigenvalue weighted by molar-refractivity contribution is 5.15. The molecular formula is C16H25FN2. The Balaban J connectivity index is 1.95. The SMILES string of the molecule is CCC1CCN(Cc2ccc(F)cc2)CC(C)CN1. The molecule has 2 rings (SSSR count). The first kappa shape index (κ1) is 14.5. The molecule has 0 radical (unpaired) electrons. The number of rotatable bonds is 3. The fourth-order valence-corrected chi connectivity index (χ4v) is 2.75. The van der Waals surface area contributed by atoms with Gasteiger partial charge in [-0.25, -0.2) is 4.39 Å². The van der Waals surface area contributed by atoms with Crippen LogP contribution < -0.4 is 5.32 Å². The maximum absolute atomic E-state index is 12.9. The molecule has 0 aromatic heterocycles. The average Bonchev–Trinajstić information content (AvgIpc) is 2.39. The number of nitrogens with one attached hydrogen (secondary N) is 1. The number of halogens is 1. The Morgan fingerprint density at radius 2 is 2.05 bits per heavy atom. The van der Waals surface area contributed by atoms with Crippen molar-refractivity contribution >= 4 is 0 Å². The van der Waals surface area contributed by atoms with Gasteiger partial charge in [-0.05, 0) is 49.5 Å². The van der Waals surface area contributed by atoms with Crippen LogP contribution in [-0.4, -0.2) is 30.6 Å². The molecule has 1 heterocycles. The second kappa shape index (κ2) is 7.01. The van der Waals surface area contributed by atoms with Crippen LogP contribution in [0.3, 0.4) is 0 Å². The molecule has 1 aromatic rings. The van der Waals surface area contributed by atoms with E-state index in [4.69, 9.17) is 0 Å². The second-order valence-corrected chi connectivity index (χ2v) is 5.77. The molecule has 1 aliphatic rings. The summed E-state index contributed by atoms with van der Waals surface area (Å²) >= 11 is 0. The highest BCUT2D eigenvalue weighted by Gasteiger charge is 2.17. The summed E-state index contributed by atoms with van der Waals surface area (Å²) in [6, 6.07) is 7.54. The van der Waals surface area contributed by atoms with E-state index >= 15 is 0 Å². The van der Waals surface area contributed by atoms with Gasteiger partial charge in [0.1, 0.15) is 5.82 Å². The maximum Gasteiger partial charge on any atom is 0.123 e. The van der Waals surface area contributed by atoms with E-state index in [-0.39, 0.29) is 5.82 Å². The molecule has 2 unspecified atom stereocenters. The molecule has 1 saturated heterocycles. The van der Waals surface area contributed by atoms with Crippen molar-refractivity contribution in [3.8, 4) is 0 Å². The van der Waals surface area contributed by atoms with E-state index in [0.29, 0.717) is 12.0 Å². The Labute approximate surface area is 116 Å². The third-order valence-electron chi connectivity index (χ3n) is 3.93. The molecule has 0 amide bonds. The van der Waals surface area contributed by atoms with E-state index in [1.54, 1.807) is 12.1 Å². The van der Waals surface area contributed by atoms with Crippen molar-refractivity contribution < 1.29 is 4.39 Å². The first-order valence-corrected chi connectivity index (χ1v) is 7.37. The van der Waals surface area contributed by atoms with Gasteiger partial charge in [-0.15, -0.1) is 0 Å². The summed E-state index contributed by atoms with van der Waals surface area (Å²) < 4.78 is 12.9. The summed E-state index contributed by atoms with van der Waals surface area (Å²) in [7, 11) is 0. The van der Waals surface area contributed by atoms with Crippen molar-refractivity contribution in [1.29, 1.82) is 0 Å². The highest BCUT2D eigenvalue weighted by atomic mass is 19.1. The van der Waals surface area contributed by atoms with Gasteiger partial charge in [0.05, 0.1) is 0 Å². The minimum Gasteiger partial charge on any atom is -0.314 e. The van der Waals surface area contributed by atoms with Gasteiger partial charge in [0, 0.05) is 19.1 Å². The zero-order chi connectivity index (χ0) is 13.7. The largest absolute Gasteiger partial charge is 0.314 e. The fourth-order valence-electron chi connectivity index (χ4n) is 2.75. The van der Waals surface area contributed by atoms with Crippen molar-refractivity contribution in [1.82, 2.24) is 10.2 Å². The van der Waals surface area contributed by atoms with Crippen LogP contribution >= 0.6 is 0 Å². The van der Waals surface area contributed by atoms with Crippen molar-refractivity contribution in [2.24, 2.45) is 5.92 Å². The number of benzene rings is 1. The standard InChI is InChI=1S/C16H25FN2/c1-3-16-8-9-19(11-13(2)10-18-16)12-14-4-6-15(17)7-5-14/h4-7,13,16,18H,3,8-12H2,1-2H3. The molecule has 2 nitrogen and oxygen atoms in total. The highest BCUT2D eigenvalue weighted by Crippen LogP contribution is 2.13. The number of hydrogen-bond donors (Lipinski definition) is 1. The third kappa shape index (κ3) is 4.59. The Kier molecular flexibility index (Phi) is 5.34. The monoisotopic (exact) mass is 264 g/mol. The molecule has 1 aromatic carbocycles. The lowest BCUT2D eigenvalue weighted by molar-refractivity contribution is 0.190. The molecular weight excluding hydrogens is 239 g/mol. The lowest BCUT2D eigenvalue weighted by Gasteiger charge is -2.32. The van der Waals surface area contributed by atoms with Crippen molar-refractivity contribution in [3.63, 3.8) is 0 Å². The Morgan fingerprint density at radius 3 is 2.74 bits per heavy atom. The molecule has 0 bridgehead atoms. The van der Waals surface area contributed by atoms with Gasteiger partial charge in [-0.1, -0.05) is 26.0 Å². The topological polar surface area (TPSA) is 15.3 Å². The molecule has 0 saturated carbocycles. The van der Waals surface area contributed by atoms with E-state index in [2.05, 4.69) is 24.1 Å². The molecule has 0 aliphatic carbocycles. The predicted octanol–water partition coefficient (Wildman–Crippen LogP) is 3.04. The number of nitrogens with zero attached hydrogens (tertiary/aromatic N) is 1. The summed E-state index contributed by atoms with van der Waals surface area (Å²) in [6.07, 6.45) is 2.39. The predicted molar refractivity (Wildman–Crippen MR) is 77.5 cm³/mol. The van der Waals surface area contributed by atoms with Gasteiger partial charge in [0.2, 0.25) is 0 Å². The first-order chi connectivity index (χ1) is 9.17. The summed E-state index contributed by atoms with van der Waals surface area (Å²) in [5.41, 5.74) is 1.20. The quantitative estimate of drug-likeness (QED) is 0.902. The summed E-state index contributed by atoms with van der Waals surface area (Å²) in [5, 5.41) is 3.64. The van der Waals surface area contributed by atoms with Crippen LogP contribution in [0.4, 0.5) is 4.39 Å². The smallest absolute Gasteiger partial charge is 0.123 e. The Bertz CT molecular complexity index is 377. The van der Waals surface area contributed by atoms with Crippen LogP contribution in [-0.2, 0) is 6.54 Å². The Morgan fingerprint density at radius 1 is 1.32 bits per heavy atom. The third-order valence-corrected chi connectivity index (χ3v) is 3.93. The lowest BCUT2D eigenvalue weighted by Crippen LogP contribution is -2.43. The van der Waals surface area contributed by atoms with E-state index in [0.717, 1.165) is 26.2 Å². The molecule has 1 aliphatic heterocycles. The Hall–Kier alpha value is -0.930. The summed E-state index contributed by atoms with van der Waals surface area (Å²) in [5.74, 6) is 0.509. The van der Waals surface area contributed by atoms with Crippen molar-refractivity contribution in [2.45, 2.75) is 39.3 Å². The fraction of sp³-hybridized carbons (Fsp3) is 0.625. The molecule has 3 heteroatoms. The second-order valence-electron chi connectivity index (χ2n) is 5.77. The lowest BCUT2D eigenvalue weighted by atomic mass is 10.0. The van der Waals surface area contributed by atoms with Crippen LogP contribution in [0.1, 0.15) is 32.3 Å². The van der Waals surface area contributed by atoms with Crippen LogP contribution in [0.15, 0.2) is 24.3 Å². The zero-order valence-electron chi connectivity index (χ0n) is 12.0. The summed E-state index contributed by atoms with van der Waals surface area (Å²) in [6.45, 7) is 8.80. The van der Waals surface area contributed by atoms with E-state index < -0.39 is 0 Å². The van der Waals surface area contributed by atoms with Crippen LogP contribution in [0.5, 0.6) is 0 Å². The van der Waals surface area contributed by atoms with Crippen LogP contribution in [0, 0.1) is 11.7 Å². The minimum absolute atomic E-state index is 0.153. The van der Waals surface area contributed by atoms with Crippen LogP contribution in [0.2, 0.25) is 0 Å². The van der Waals surface area contributed by atoms with E-state index in [9.17, 15) is 4.39 Å². The van der Waals surface area contributed by atoms with Crippen molar-refractivity contribution in [3.05, 3.63) is 35.6 Å². The van der Waals surface area contributed by atoms with Gasteiger partial charge in [-0.2, -0.15) is 0 Å². The van der Waals surface area contributed by atoms with E-state index in [1.165, 1.54) is 18.4 Å². The molecule has 1 fully saturated rings. The first-order valence-electron chi connectivity index (χ1n) is 7.37. The molecule has 19 heavy (non-hydrogen) atoms. The summed E-state index contributed by atoms with van der Waals surface area (Å²) in [4.78, 5) is 2.50.